The van der Waals surface area contributed by atoms with Crippen molar-refractivity contribution in [3.05, 3.63) is 59.2 Å². The van der Waals surface area contributed by atoms with Crippen molar-refractivity contribution in [2.75, 3.05) is 6.61 Å². The molecule has 0 radical (unpaired) electrons. The van der Waals surface area contributed by atoms with Gasteiger partial charge in [0.25, 0.3) is 5.91 Å². The Morgan fingerprint density at radius 2 is 2.05 bits per heavy atom. The first kappa shape index (κ1) is 15.6. The Balaban J connectivity index is 1.84. The average Bonchev–Trinajstić information content (AvgIpc) is 2.48. The molecule has 0 atom stereocenters. The predicted octanol–water partition coefficient (Wildman–Crippen LogP) is 2.54. The molecule has 0 fully saturated rings. The van der Waals surface area contributed by atoms with Crippen LogP contribution >= 0.6 is 0 Å². The molecular weight excluding hydrogens is 280 g/mol. The van der Waals surface area contributed by atoms with Gasteiger partial charge >= 0.3 is 0 Å². The largest absolute Gasteiger partial charge is 0.507 e. The van der Waals surface area contributed by atoms with Crippen LogP contribution in [0.25, 0.3) is 0 Å². The maximum atomic E-state index is 11.7. The van der Waals surface area contributed by atoms with E-state index in [1.807, 2.05) is 32.0 Å². The van der Waals surface area contributed by atoms with E-state index in [2.05, 4.69) is 10.5 Å². The molecule has 0 spiro atoms. The van der Waals surface area contributed by atoms with E-state index < -0.39 is 0 Å². The first-order valence-corrected chi connectivity index (χ1v) is 6.86. The van der Waals surface area contributed by atoms with Crippen LogP contribution in [0, 0.1) is 13.8 Å². The van der Waals surface area contributed by atoms with Gasteiger partial charge in [-0.1, -0.05) is 29.8 Å². The lowest BCUT2D eigenvalue weighted by Crippen LogP contribution is -2.24. The highest BCUT2D eigenvalue weighted by Gasteiger charge is 2.04. The maximum absolute atomic E-state index is 11.7. The average molecular weight is 298 g/mol. The summed E-state index contributed by atoms with van der Waals surface area (Å²) in [5.74, 6) is 0.407. The molecule has 0 aromatic heterocycles. The maximum Gasteiger partial charge on any atom is 0.277 e. The van der Waals surface area contributed by atoms with Crippen molar-refractivity contribution in [3.63, 3.8) is 0 Å². The molecule has 0 aliphatic rings. The van der Waals surface area contributed by atoms with Gasteiger partial charge in [0.2, 0.25) is 0 Å². The summed E-state index contributed by atoms with van der Waals surface area (Å²) in [5.41, 5.74) is 5.00. The minimum atomic E-state index is -0.369. The number of hydrogen-bond donors (Lipinski definition) is 2. The molecule has 1 amide bonds. The zero-order chi connectivity index (χ0) is 15.9. The summed E-state index contributed by atoms with van der Waals surface area (Å²) in [6.07, 6.45) is 1.38. The van der Waals surface area contributed by atoms with Crippen molar-refractivity contribution in [1.29, 1.82) is 0 Å². The first-order chi connectivity index (χ1) is 10.6. The van der Waals surface area contributed by atoms with Crippen LogP contribution in [0.5, 0.6) is 11.5 Å². The van der Waals surface area contributed by atoms with E-state index >= 15 is 0 Å². The lowest BCUT2D eigenvalue weighted by molar-refractivity contribution is -0.123. The van der Waals surface area contributed by atoms with Gasteiger partial charge in [-0.3, -0.25) is 4.79 Å². The quantitative estimate of drug-likeness (QED) is 0.658. The molecule has 2 aromatic carbocycles. The Morgan fingerprint density at radius 3 is 2.77 bits per heavy atom. The molecule has 22 heavy (non-hydrogen) atoms. The number of phenols is 1. The lowest BCUT2D eigenvalue weighted by Gasteiger charge is -2.08. The van der Waals surface area contributed by atoms with Crippen LogP contribution in [0.4, 0.5) is 0 Å². The number of amides is 1. The molecule has 5 heteroatoms. The highest BCUT2D eigenvalue weighted by molar-refractivity contribution is 5.85. The summed E-state index contributed by atoms with van der Waals surface area (Å²) in [4.78, 5) is 11.7. The number of ether oxygens (including phenoxy) is 1. The van der Waals surface area contributed by atoms with E-state index in [1.54, 1.807) is 24.3 Å². The van der Waals surface area contributed by atoms with Crippen LogP contribution in [-0.2, 0) is 4.79 Å². The molecule has 0 saturated heterocycles. The van der Waals surface area contributed by atoms with Gasteiger partial charge in [0.15, 0.2) is 6.61 Å². The zero-order valence-electron chi connectivity index (χ0n) is 12.5. The summed E-state index contributed by atoms with van der Waals surface area (Å²) in [6, 6.07) is 12.5. The van der Waals surface area contributed by atoms with Crippen molar-refractivity contribution in [3.8, 4) is 11.5 Å². The fourth-order valence-electron chi connectivity index (χ4n) is 1.91. The summed E-state index contributed by atoms with van der Waals surface area (Å²) < 4.78 is 5.44. The number of rotatable bonds is 5. The van der Waals surface area contributed by atoms with Crippen molar-refractivity contribution >= 4 is 12.1 Å². The van der Waals surface area contributed by atoms with E-state index in [1.165, 1.54) is 6.21 Å². The molecule has 114 valence electrons. The van der Waals surface area contributed by atoms with Crippen LogP contribution in [0.1, 0.15) is 16.7 Å². The number of aryl methyl sites for hydroxylation is 2. The van der Waals surface area contributed by atoms with E-state index in [4.69, 9.17) is 4.74 Å². The Morgan fingerprint density at radius 1 is 1.27 bits per heavy atom. The highest BCUT2D eigenvalue weighted by Crippen LogP contribution is 2.18. The third kappa shape index (κ3) is 4.34. The molecule has 0 aliphatic heterocycles. The van der Waals surface area contributed by atoms with Crippen molar-refractivity contribution in [2.45, 2.75) is 13.8 Å². The molecule has 2 rings (SSSR count). The van der Waals surface area contributed by atoms with Crippen molar-refractivity contribution < 1.29 is 14.6 Å². The van der Waals surface area contributed by atoms with Crippen molar-refractivity contribution in [2.24, 2.45) is 5.10 Å². The minimum Gasteiger partial charge on any atom is -0.507 e. The summed E-state index contributed by atoms with van der Waals surface area (Å²) in [6.45, 7) is 3.80. The summed E-state index contributed by atoms with van der Waals surface area (Å²) in [5, 5.41) is 13.3. The number of hydrazone groups is 1. The molecule has 0 heterocycles. The zero-order valence-corrected chi connectivity index (χ0v) is 12.5. The van der Waals surface area contributed by atoms with Crippen molar-refractivity contribution in [1.82, 2.24) is 5.43 Å². The standard InChI is InChI=1S/C17H18N2O3/c1-12-7-8-16(13(2)9-12)22-11-17(21)19-18-10-14-5-3-4-6-15(14)20/h3-10,20H,11H2,1-2H3,(H,19,21). The number of hydrogen-bond acceptors (Lipinski definition) is 4. The Bertz CT molecular complexity index is 696. The number of aromatic hydroxyl groups is 1. The van der Waals surface area contributed by atoms with Gasteiger partial charge < -0.3 is 9.84 Å². The molecule has 0 aliphatic carbocycles. The minimum absolute atomic E-state index is 0.104. The van der Waals surface area contributed by atoms with Crippen LogP contribution in [-0.4, -0.2) is 23.8 Å². The molecule has 0 saturated carbocycles. The predicted molar refractivity (Wildman–Crippen MR) is 85.3 cm³/mol. The molecule has 0 bridgehead atoms. The third-order valence-electron chi connectivity index (χ3n) is 3.02. The molecule has 2 N–H and O–H groups in total. The Hall–Kier alpha value is -2.82. The van der Waals surface area contributed by atoms with Crippen LogP contribution in [0.3, 0.4) is 0 Å². The molecule has 2 aromatic rings. The number of nitrogens with zero attached hydrogens (tertiary/aromatic N) is 1. The second kappa shape index (κ2) is 7.26. The first-order valence-electron chi connectivity index (χ1n) is 6.86. The normalized spacial score (nSPS) is 10.6. The number of carbonyl (C=O) groups excluding carboxylic acids is 1. The monoisotopic (exact) mass is 298 g/mol. The van der Waals surface area contributed by atoms with Gasteiger partial charge in [0.05, 0.1) is 6.21 Å². The van der Waals surface area contributed by atoms with E-state index in [-0.39, 0.29) is 18.3 Å². The fourth-order valence-corrected chi connectivity index (χ4v) is 1.91. The number of phenolic OH excluding ortho intramolecular Hbond substituents is 1. The topological polar surface area (TPSA) is 70.9 Å². The van der Waals surface area contributed by atoms with Gasteiger partial charge in [-0.2, -0.15) is 5.10 Å². The molecule has 5 nitrogen and oxygen atoms in total. The number of carbonyl (C=O) groups is 1. The van der Waals surface area contributed by atoms with Crippen LogP contribution < -0.4 is 10.2 Å². The number of nitrogens with one attached hydrogen (secondary N) is 1. The summed E-state index contributed by atoms with van der Waals surface area (Å²) >= 11 is 0. The van der Waals surface area contributed by atoms with Gasteiger partial charge in [-0.05, 0) is 37.6 Å². The Kier molecular flexibility index (Phi) is 5.14. The van der Waals surface area contributed by atoms with E-state index in [0.717, 1.165) is 11.1 Å². The number of benzene rings is 2. The second-order valence-electron chi connectivity index (χ2n) is 4.91. The SMILES string of the molecule is Cc1ccc(OCC(=O)NN=Cc2ccccc2O)c(C)c1. The highest BCUT2D eigenvalue weighted by atomic mass is 16.5. The number of para-hydroxylation sites is 1. The van der Waals surface area contributed by atoms with Gasteiger partial charge in [0, 0.05) is 5.56 Å². The van der Waals surface area contributed by atoms with E-state index in [0.29, 0.717) is 11.3 Å². The van der Waals surface area contributed by atoms with Gasteiger partial charge in [-0.15, -0.1) is 0 Å². The van der Waals surface area contributed by atoms with Gasteiger partial charge in [0.1, 0.15) is 11.5 Å². The lowest BCUT2D eigenvalue weighted by atomic mass is 10.1. The van der Waals surface area contributed by atoms with Crippen LogP contribution in [0.2, 0.25) is 0 Å². The molecular formula is C17H18N2O3. The summed E-state index contributed by atoms with van der Waals surface area (Å²) in [7, 11) is 0. The van der Waals surface area contributed by atoms with Gasteiger partial charge in [-0.25, -0.2) is 5.43 Å². The second-order valence-corrected chi connectivity index (χ2v) is 4.91. The van der Waals surface area contributed by atoms with E-state index in [9.17, 15) is 9.90 Å². The van der Waals surface area contributed by atoms with Crippen LogP contribution in [0.15, 0.2) is 47.6 Å². The fraction of sp³-hybridized carbons (Fsp3) is 0.176. The smallest absolute Gasteiger partial charge is 0.277 e. The molecule has 0 unspecified atom stereocenters. The Labute approximate surface area is 129 Å². The third-order valence-corrected chi connectivity index (χ3v) is 3.02.